The Hall–Kier alpha value is -1.60. The molecule has 0 unspecified atom stereocenters. The lowest BCUT2D eigenvalue weighted by Crippen LogP contribution is -2.70. The number of aliphatic carboxylic acids is 1. The highest BCUT2D eigenvalue weighted by Gasteiger charge is 2.76. The molecule has 0 radical (unpaired) electrons. The second kappa shape index (κ2) is 5.51. The van der Waals surface area contributed by atoms with Gasteiger partial charge in [0, 0.05) is 16.7 Å². The zero-order valence-corrected chi connectivity index (χ0v) is 16.2. The molecule has 5 nitrogen and oxygen atoms in total. The molecule has 3 saturated carbocycles. The molecule has 4 aliphatic carbocycles. The van der Waals surface area contributed by atoms with E-state index >= 15 is 8.78 Å². The van der Waals surface area contributed by atoms with Crippen molar-refractivity contribution in [1.82, 2.24) is 0 Å². The van der Waals surface area contributed by atoms with E-state index < -0.39 is 63.9 Å². The molecule has 0 spiro atoms. The van der Waals surface area contributed by atoms with E-state index in [2.05, 4.69) is 0 Å². The molecule has 0 heterocycles. The lowest BCUT2D eigenvalue weighted by molar-refractivity contribution is -0.229. The Balaban J connectivity index is 1.88. The number of hydrogen-bond donors (Lipinski definition) is 3. The number of aliphatic hydroxyl groups excluding tert-OH is 1. The summed E-state index contributed by atoms with van der Waals surface area (Å²) >= 11 is 0. The fourth-order valence-corrected chi connectivity index (χ4v) is 7.00. The molecule has 4 aliphatic rings. The maximum Gasteiger partial charge on any atom is 0.336 e. The van der Waals surface area contributed by atoms with Crippen LogP contribution in [0, 0.1) is 28.6 Å². The van der Waals surface area contributed by atoms with Crippen molar-refractivity contribution < 1.29 is 33.7 Å². The third-order valence-corrected chi connectivity index (χ3v) is 8.54. The van der Waals surface area contributed by atoms with Crippen molar-refractivity contribution in [2.75, 3.05) is 0 Å². The van der Waals surface area contributed by atoms with Crippen LogP contribution < -0.4 is 0 Å². The number of aliphatic hydroxyl groups is 2. The average Bonchev–Trinajstić information content (AvgIpc) is 2.81. The molecule has 3 N–H and O–H groups in total. The number of rotatable bonds is 1. The maximum absolute atomic E-state index is 16.8. The summed E-state index contributed by atoms with van der Waals surface area (Å²) in [5.74, 6) is -4.07. The second-order valence-corrected chi connectivity index (χ2v) is 9.57. The molecular weight excluding hydrogens is 370 g/mol. The van der Waals surface area contributed by atoms with E-state index in [4.69, 9.17) is 0 Å². The zero-order chi connectivity index (χ0) is 20.9. The number of allylic oxidation sites excluding steroid dienone is 4. The van der Waals surface area contributed by atoms with E-state index in [0.29, 0.717) is 0 Å². The summed E-state index contributed by atoms with van der Waals surface area (Å²) in [6.07, 6.45) is 0.214. The quantitative estimate of drug-likeness (QED) is 0.633. The molecule has 7 heteroatoms. The van der Waals surface area contributed by atoms with Crippen LogP contribution >= 0.6 is 0 Å². The first kappa shape index (κ1) is 19.7. The van der Waals surface area contributed by atoms with E-state index in [-0.39, 0.29) is 24.8 Å². The topological polar surface area (TPSA) is 94.8 Å². The van der Waals surface area contributed by atoms with Crippen molar-refractivity contribution in [3.63, 3.8) is 0 Å². The molecule has 28 heavy (non-hydrogen) atoms. The normalized spacial score (nSPS) is 55.2. The van der Waals surface area contributed by atoms with Crippen LogP contribution in [-0.2, 0) is 9.59 Å². The number of alkyl halides is 2. The third kappa shape index (κ3) is 1.92. The van der Waals surface area contributed by atoms with Gasteiger partial charge in [-0.1, -0.05) is 19.9 Å². The van der Waals surface area contributed by atoms with Crippen molar-refractivity contribution in [2.45, 2.75) is 63.6 Å². The molecule has 0 bridgehead atoms. The third-order valence-electron chi connectivity index (χ3n) is 8.54. The first-order chi connectivity index (χ1) is 12.8. The Bertz CT molecular complexity index is 824. The summed E-state index contributed by atoms with van der Waals surface area (Å²) in [6.45, 7) is 4.67. The maximum atomic E-state index is 16.8. The van der Waals surface area contributed by atoms with Crippen molar-refractivity contribution in [3.8, 4) is 0 Å². The molecule has 154 valence electrons. The summed E-state index contributed by atoms with van der Waals surface area (Å²) < 4.78 is 31.9. The monoisotopic (exact) mass is 396 g/mol. The number of carbonyl (C=O) groups is 2. The second-order valence-electron chi connectivity index (χ2n) is 9.57. The molecule has 0 aliphatic heterocycles. The van der Waals surface area contributed by atoms with E-state index in [0.717, 1.165) is 6.08 Å². The predicted molar refractivity (Wildman–Crippen MR) is 95.8 cm³/mol. The van der Waals surface area contributed by atoms with Crippen molar-refractivity contribution in [3.05, 3.63) is 23.8 Å². The van der Waals surface area contributed by atoms with Gasteiger partial charge in [0.2, 0.25) is 0 Å². The fourth-order valence-electron chi connectivity index (χ4n) is 7.00. The minimum Gasteiger partial charge on any atom is -0.479 e. The van der Waals surface area contributed by atoms with Gasteiger partial charge in [-0.15, -0.1) is 0 Å². The Labute approximate surface area is 162 Å². The van der Waals surface area contributed by atoms with Crippen LogP contribution in [0.1, 0.15) is 40.0 Å². The minimum absolute atomic E-state index is 0.0287. The van der Waals surface area contributed by atoms with Crippen LogP contribution in [0.3, 0.4) is 0 Å². The number of carbonyl (C=O) groups excluding carboxylic acids is 1. The molecule has 9 atom stereocenters. The van der Waals surface area contributed by atoms with Crippen molar-refractivity contribution in [2.24, 2.45) is 28.6 Å². The number of halogens is 2. The highest BCUT2D eigenvalue weighted by molar-refractivity contribution is 6.01. The summed E-state index contributed by atoms with van der Waals surface area (Å²) in [5.41, 5.74) is -7.14. The first-order valence-electron chi connectivity index (χ1n) is 9.76. The van der Waals surface area contributed by atoms with Gasteiger partial charge in [-0.05, 0) is 55.7 Å². The number of carboxylic acid groups (broad SMARTS) is 1. The van der Waals surface area contributed by atoms with E-state index in [1.54, 1.807) is 13.8 Å². The van der Waals surface area contributed by atoms with Gasteiger partial charge in [0.1, 0.15) is 6.17 Å². The minimum atomic E-state index is -2.26. The zero-order valence-electron chi connectivity index (χ0n) is 16.2. The van der Waals surface area contributed by atoms with Gasteiger partial charge in [-0.25, -0.2) is 13.6 Å². The highest BCUT2D eigenvalue weighted by Crippen LogP contribution is 2.70. The molecule has 0 saturated heterocycles. The molecule has 0 aromatic heterocycles. The lowest BCUT2D eigenvalue weighted by atomic mass is 9.44. The summed E-state index contributed by atoms with van der Waals surface area (Å²) in [7, 11) is 0. The standard InChI is InChI=1S/C21H26F2O5/c1-10-6-12-13-8-15(22)14-7-11(24)4-5-18(14,2)20(13,23)16(25)9-19(12,3)21(10,28)17(26)27/h4-5,7,10,12-13,15-16,25,28H,6,8-9H2,1-3H3,(H,26,27)/t10-,12-,13-,15+,16+,18+,19+,20+,21+/m1/s1. The Morgan fingerprint density at radius 1 is 1.25 bits per heavy atom. The molecule has 0 aromatic carbocycles. The number of ketones is 1. The van der Waals surface area contributed by atoms with Gasteiger partial charge >= 0.3 is 5.97 Å². The van der Waals surface area contributed by atoms with Crippen LogP contribution in [0.5, 0.6) is 0 Å². The lowest BCUT2D eigenvalue weighted by Gasteiger charge is -2.62. The molecule has 0 aromatic rings. The Morgan fingerprint density at radius 3 is 2.50 bits per heavy atom. The Morgan fingerprint density at radius 2 is 1.89 bits per heavy atom. The smallest absolute Gasteiger partial charge is 0.336 e. The first-order valence-corrected chi connectivity index (χ1v) is 9.76. The van der Waals surface area contributed by atoms with Crippen LogP contribution in [0.25, 0.3) is 0 Å². The van der Waals surface area contributed by atoms with E-state index in [1.807, 2.05) is 0 Å². The van der Waals surface area contributed by atoms with Gasteiger partial charge < -0.3 is 15.3 Å². The van der Waals surface area contributed by atoms with Crippen LogP contribution in [0.2, 0.25) is 0 Å². The highest BCUT2D eigenvalue weighted by atomic mass is 19.1. The summed E-state index contributed by atoms with van der Waals surface area (Å²) in [4.78, 5) is 23.7. The molecule has 0 amide bonds. The van der Waals surface area contributed by atoms with Gasteiger partial charge in [-0.2, -0.15) is 0 Å². The number of carboxylic acids is 1. The average molecular weight is 396 g/mol. The van der Waals surface area contributed by atoms with Crippen LogP contribution in [0.4, 0.5) is 8.78 Å². The van der Waals surface area contributed by atoms with Crippen LogP contribution in [-0.4, -0.2) is 50.6 Å². The van der Waals surface area contributed by atoms with Crippen LogP contribution in [0.15, 0.2) is 23.8 Å². The Kier molecular flexibility index (Phi) is 3.88. The summed E-state index contributed by atoms with van der Waals surface area (Å²) in [6, 6.07) is 0. The predicted octanol–water partition coefficient (Wildman–Crippen LogP) is 2.37. The largest absolute Gasteiger partial charge is 0.479 e. The van der Waals surface area contributed by atoms with Gasteiger partial charge in [0.25, 0.3) is 0 Å². The SMILES string of the molecule is C[C@@H]1C[C@@H]2[C@H]3C[C@H](F)C4=CC(=O)C=C[C@]4(C)[C@@]3(F)[C@@H](O)C[C@]2(C)[C@@]1(O)C(=O)O. The molecular formula is C21H26F2O5. The van der Waals surface area contributed by atoms with Crippen molar-refractivity contribution >= 4 is 11.8 Å². The molecule has 4 rings (SSSR count). The fraction of sp³-hybridized carbons (Fsp3) is 0.714. The number of fused-ring (bicyclic) bond motifs is 5. The van der Waals surface area contributed by atoms with Crippen molar-refractivity contribution in [1.29, 1.82) is 0 Å². The van der Waals surface area contributed by atoms with Gasteiger partial charge in [0.05, 0.1) is 6.10 Å². The molecule has 3 fully saturated rings. The number of hydrogen-bond acceptors (Lipinski definition) is 4. The van der Waals surface area contributed by atoms with Gasteiger partial charge in [0.15, 0.2) is 17.1 Å². The van der Waals surface area contributed by atoms with E-state index in [1.165, 1.54) is 19.1 Å². The van der Waals surface area contributed by atoms with E-state index in [9.17, 15) is 24.9 Å². The summed E-state index contributed by atoms with van der Waals surface area (Å²) in [5, 5.41) is 31.8. The van der Waals surface area contributed by atoms with Gasteiger partial charge in [-0.3, -0.25) is 4.79 Å².